The van der Waals surface area contributed by atoms with Gasteiger partial charge in [0.2, 0.25) is 5.88 Å². The first-order chi connectivity index (χ1) is 9.65. The summed E-state index contributed by atoms with van der Waals surface area (Å²) in [6, 6.07) is 9.33. The molecule has 1 aromatic carbocycles. The highest BCUT2D eigenvalue weighted by molar-refractivity contribution is 5.88. The lowest BCUT2D eigenvalue weighted by atomic mass is 10.2. The molecule has 0 aliphatic carbocycles. The van der Waals surface area contributed by atoms with Crippen LogP contribution in [0.3, 0.4) is 0 Å². The average Bonchev–Trinajstić information content (AvgIpc) is 2.48. The van der Waals surface area contributed by atoms with Gasteiger partial charge >= 0.3 is 5.97 Å². The standard InChI is InChI=1S/C14H10N2O4/c1-19-12-7-9(14(17)18)4-5-11(12)20-13-10(8-15)3-2-6-16-13/h2-7H,1H3,(H,17,18). The van der Waals surface area contributed by atoms with Gasteiger partial charge in [0, 0.05) is 6.20 Å². The quantitative estimate of drug-likeness (QED) is 0.917. The van der Waals surface area contributed by atoms with Gasteiger partial charge in [-0.05, 0) is 30.3 Å². The maximum absolute atomic E-state index is 10.9. The second-order valence-electron chi connectivity index (χ2n) is 3.74. The van der Waals surface area contributed by atoms with E-state index in [0.29, 0.717) is 0 Å². The molecule has 0 radical (unpaired) electrons. The predicted octanol–water partition coefficient (Wildman–Crippen LogP) is 2.45. The van der Waals surface area contributed by atoms with Crippen LogP contribution in [0.4, 0.5) is 0 Å². The lowest BCUT2D eigenvalue weighted by molar-refractivity contribution is 0.0696. The smallest absolute Gasteiger partial charge is 0.335 e. The van der Waals surface area contributed by atoms with Crippen molar-refractivity contribution >= 4 is 5.97 Å². The predicted molar refractivity (Wildman–Crippen MR) is 69.0 cm³/mol. The number of carboxylic acid groups (broad SMARTS) is 1. The lowest BCUT2D eigenvalue weighted by Gasteiger charge is -2.10. The van der Waals surface area contributed by atoms with Crippen LogP contribution in [0.5, 0.6) is 17.4 Å². The summed E-state index contributed by atoms with van der Waals surface area (Å²) in [6.07, 6.45) is 1.49. The van der Waals surface area contributed by atoms with E-state index in [9.17, 15) is 4.79 Å². The Morgan fingerprint density at radius 3 is 2.80 bits per heavy atom. The van der Waals surface area contributed by atoms with Crippen molar-refractivity contribution < 1.29 is 19.4 Å². The zero-order chi connectivity index (χ0) is 14.5. The van der Waals surface area contributed by atoms with Gasteiger partial charge in [-0.2, -0.15) is 5.26 Å². The van der Waals surface area contributed by atoms with Crippen molar-refractivity contribution in [1.29, 1.82) is 5.26 Å². The molecule has 0 aliphatic rings. The number of benzene rings is 1. The number of nitrogens with zero attached hydrogens (tertiary/aromatic N) is 2. The van der Waals surface area contributed by atoms with Gasteiger partial charge in [-0.3, -0.25) is 0 Å². The largest absolute Gasteiger partial charge is 0.493 e. The van der Waals surface area contributed by atoms with Crippen molar-refractivity contribution in [3.8, 4) is 23.4 Å². The van der Waals surface area contributed by atoms with Gasteiger partial charge < -0.3 is 14.6 Å². The van der Waals surface area contributed by atoms with E-state index in [1.54, 1.807) is 12.1 Å². The molecule has 0 unspecified atom stereocenters. The average molecular weight is 270 g/mol. The Bertz CT molecular complexity index is 692. The molecule has 0 saturated heterocycles. The van der Waals surface area contributed by atoms with Crippen molar-refractivity contribution in [1.82, 2.24) is 4.98 Å². The van der Waals surface area contributed by atoms with Crippen molar-refractivity contribution in [3.63, 3.8) is 0 Å². The van der Waals surface area contributed by atoms with E-state index in [0.717, 1.165) is 0 Å². The SMILES string of the molecule is COc1cc(C(=O)O)ccc1Oc1ncccc1C#N. The van der Waals surface area contributed by atoms with E-state index in [2.05, 4.69) is 4.98 Å². The number of ether oxygens (including phenoxy) is 2. The Morgan fingerprint density at radius 2 is 2.15 bits per heavy atom. The molecule has 1 aromatic heterocycles. The van der Waals surface area contributed by atoms with Crippen molar-refractivity contribution in [2.24, 2.45) is 0 Å². The zero-order valence-electron chi connectivity index (χ0n) is 10.5. The number of carboxylic acids is 1. The van der Waals surface area contributed by atoms with E-state index in [1.807, 2.05) is 6.07 Å². The Morgan fingerprint density at radius 1 is 1.35 bits per heavy atom. The molecule has 1 heterocycles. The van der Waals surface area contributed by atoms with Crippen LogP contribution in [0, 0.1) is 11.3 Å². The van der Waals surface area contributed by atoms with E-state index >= 15 is 0 Å². The fraction of sp³-hybridized carbons (Fsp3) is 0.0714. The molecular formula is C14H10N2O4. The van der Waals surface area contributed by atoms with Gasteiger partial charge in [-0.1, -0.05) is 0 Å². The fourth-order valence-corrected chi connectivity index (χ4v) is 1.55. The lowest BCUT2D eigenvalue weighted by Crippen LogP contribution is -1.99. The van der Waals surface area contributed by atoms with Gasteiger partial charge in [0.25, 0.3) is 0 Å². The van der Waals surface area contributed by atoms with Crippen LogP contribution < -0.4 is 9.47 Å². The number of aromatic carboxylic acids is 1. The monoisotopic (exact) mass is 270 g/mol. The van der Waals surface area contributed by atoms with Gasteiger partial charge in [-0.15, -0.1) is 0 Å². The van der Waals surface area contributed by atoms with Crippen LogP contribution in [-0.4, -0.2) is 23.2 Å². The van der Waals surface area contributed by atoms with Gasteiger partial charge in [0.1, 0.15) is 11.6 Å². The molecule has 100 valence electrons. The molecule has 6 nitrogen and oxygen atoms in total. The van der Waals surface area contributed by atoms with Crippen LogP contribution in [0.2, 0.25) is 0 Å². The molecule has 0 fully saturated rings. The minimum Gasteiger partial charge on any atom is -0.493 e. The third kappa shape index (κ3) is 2.67. The highest BCUT2D eigenvalue weighted by atomic mass is 16.5. The molecule has 6 heteroatoms. The summed E-state index contributed by atoms with van der Waals surface area (Å²) in [5.74, 6) is -0.395. The molecule has 0 amide bonds. The molecule has 2 aromatic rings. The van der Waals surface area contributed by atoms with Crippen LogP contribution in [0.1, 0.15) is 15.9 Å². The first kappa shape index (κ1) is 13.4. The Labute approximate surface area is 114 Å². The third-order valence-corrected chi connectivity index (χ3v) is 2.51. The number of nitriles is 1. The minimum atomic E-state index is -1.06. The van der Waals surface area contributed by atoms with Gasteiger partial charge in [-0.25, -0.2) is 9.78 Å². The number of hydrogen-bond acceptors (Lipinski definition) is 5. The van der Waals surface area contributed by atoms with Gasteiger partial charge in [0.05, 0.1) is 12.7 Å². The molecule has 0 bridgehead atoms. The highest BCUT2D eigenvalue weighted by Gasteiger charge is 2.13. The number of carbonyl (C=O) groups is 1. The summed E-state index contributed by atoms with van der Waals surface area (Å²) in [5.41, 5.74) is 0.354. The normalized spacial score (nSPS) is 9.60. The molecule has 1 N–H and O–H groups in total. The third-order valence-electron chi connectivity index (χ3n) is 2.51. The van der Waals surface area contributed by atoms with E-state index in [-0.39, 0.29) is 28.5 Å². The Hall–Kier alpha value is -3.07. The number of hydrogen-bond donors (Lipinski definition) is 1. The van der Waals surface area contributed by atoms with Gasteiger partial charge in [0.15, 0.2) is 11.5 Å². The molecule has 2 rings (SSSR count). The molecule has 0 aliphatic heterocycles. The first-order valence-electron chi connectivity index (χ1n) is 5.60. The zero-order valence-corrected chi connectivity index (χ0v) is 10.5. The number of rotatable bonds is 4. The van der Waals surface area contributed by atoms with Crippen molar-refractivity contribution in [2.75, 3.05) is 7.11 Å². The van der Waals surface area contributed by atoms with Crippen molar-refractivity contribution in [2.45, 2.75) is 0 Å². The van der Waals surface area contributed by atoms with Crippen LogP contribution in [-0.2, 0) is 0 Å². The fourth-order valence-electron chi connectivity index (χ4n) is 1.55. The van der Waals surface area contributed by atoms with Crippen LogP contribution >= 0.6 is 0 Å². The minimum absolute atomic E-state index is 0.0794. The van der Waals surface area contributed by atoms with Crippen LogP contribution in [0.25, 0.3) is 0 Å². The topological polar surface area (TPSA) is 92.4 Å². The molecule has 20 heavy (non-hydrogen) atoms. The molecular weight excluding hydrogens is 260 g/mol. The van der Waals surface area contributed by atoms with Crippen LogP contribution in [0.15, 0.2) is 36.5 Å². The molecule has 0 atom stereocenters. The second kappa shape index (κ2) is 5.71. The summed E-state index contributed by atoms with van der Waals surface area (Å²) in [7, 11) is 1.40. The van der Waals surface area contributed by atoms with E-state index in [4.69, 9.17) is 19.8 Å². The Balaban J connectivity index is 2.39. The summed E-state index contributed by atoms with van der Waals surface area (Å²) in [6.45, 7) is 0. The number of aromatic nitrogens is 1. The number of methoxy groups -OCH3 is 1. The van der Waals surface area contributed by atoms with Crippen molar-refractivity contribution in [3.05, 3.63) is 47.7 Å². The molecule has 0 spiro atoms. The van der Waals surface area contributed by atoms with E-state index < -0.39 is 5.97 Å². The highest BCUT2D eigenvalue weighted by Crippen LogP contribution is 2.32. The molecule has 0 saturated carbocycles. The summed E-state index contributed by atoms with van der Waals surface area (Å²) in [5, 5.41) is 17.9. The van der Waals surface area contributed by atoms with E-state index in [1.165, 1.54) is 31.5 Å². The maximum Gasteiger partial charge on any atom is 0.335 e. The second-order valence-corrected chi connectivity index (χ2v) is 3.74. The summed E-state index contributed by atoms with van der Waals surface area (Å²) >= 11 is 0. The Kier molecular flexibility index (Phi) is 3.82. The summed E-state index contributed by atoms with van der Waals surface area (Å²) < 4.78 is 10.6. The summed E-state index contributed by atoms with van der Waals surface area (Å²) in [4.78, 5) is 14.8. The number of pyridine rings is 1. The first-order valence-corrected chi connectivity index (χ1v) is 5.60. The maximum atomic E-state index is 10.9.